The fourth-order valence-electron chi connectivity index (χ4n) is 6.31. The minimum Gasteiger partial charge on any atom is -0.416 e. The summed E-state index contributed by atoms with van der Waals surface area (Å²) in [5.41, 5.74) is 9.10. The SMILES string of the molecule is CC1=CC[C@H](C(C)C)C=C1C1OC(/C(C)=C/CCO[Si](C(C)C)(C(C)C)C(C)C)O[C@@H]1CC#C[Si](C)(C)C. The summed E-state index contributed by atoms with van der Waals surface area (Å²) >= 11 is 0. The Balaban J connectivity index is 2.20. The molecule has 1 fully saturated rings. The second-order valence-electron chi connectivity index (χ2n) is 13.9. The Bertz CT molecular complexity index is 902. The van der Waals surface area contributed by atoms with Crippen LogP contribution in [0.5, 0.6) is 0 Å². The molecular weight excluding hydrogens is 501 g/mol. The molecule has 4 atom stereocenters. The Morgan fingerprint density at radius 3 is 2.16 bits per heavy atom. The van der Waals surface area contributed by atoms with Gasteiger partial charge in [0.25, 0.3) is 0 Å². The van der Waals surface area contributed by atoms with Crippen LogP contribution in [-0.2, 0) is 13.9 Å². The average Bonchev–Trinajstić information content (AvgIpc) is 3.21. The van der Waals surface area contributed by atoms with Crippen molar-refractivity contribution in [1.82, 2.24) is 0 Å². The van der Waals surface area contributed by atoms with E-state index in [1.54, 1.807) is 0 Å². The van der Waals surface area contributed by atoms with Crippen LogP contribution in [-0.4, -0.2) is 41.5 Å². The van der Waals surface area contributed by atoms with Crippen LogP contribution in [0, 0.1) is 23.3 Å². The summed E-state index contributed by atoms with van der Waals surface area (Å²) in [6.07, 6.45) is 9.37. The number of ether oxygens (including phenoxy) is 2. The summed E-state index contributed by atoms with van der Waals surface area (Å²) in [5, 5.41) is 0. The van der Waals surface area contributed by atoms with Crippen molar-refractivity contribution in [2.45, 2.75) is 143 Å². The first-order chi connectivity index (χ1) is 17.6. The van der Waals surface area contributed by atoms with Crippen molar-refractivity contribution in [2.75, 3.05) is 6.61 Å². The van der Waals surface area contributed by atoms with Gasteiger partial charge in [0.1, 0.15) is 20.3 Å². The van der Waals surface area contributed by atoms with Crippen LogP contribution < -0.4 is 0 Å². The van der Waals surface area contributed by atoms with Gasteiger partial charge in [-0.05, 0) is 71.9 Å². The second kappa shape index (κ2) is 14.1. The molecule has 0 aromatic carbocycles. The van der Waals surface area contributed by atoms with Gasteiger partial charge in [-0.15, -0.1) is 11.5 Å². The van der Waals surface area contributed by atoms with Crippen LogP contribution in [0.25, 0.3) is 0 Å². The Hall–Kier alpha value is -0.906. The topological polar surface area (TPSA) is 27.7 Å². The van der Waals surface area contributed by atoms with Crippen molar-refractivity contribution < 1.29 is 13.9 Å². The van der Waals surface area contributed by atoms with Crippen molar-refractivity contribution in [2.24, 2.45) is 11.8 Å². The molecule has 5 heteroatoms. The molecule has 0 spiro atoms. The predicted octanol–water partition coefficient (Wildman–Crippen LogP) is 9.44. The molecule has 1 aliphatic carbocycles. The highest BCUT2D eigenvalue weighted by Crippen LogP contribution is 2.42. The van der Waals surface area contributed by atoms with Crippen LogP contribution in [0.1, 0.15) is 88.5 Å². The van der Waals surface area contributed by atoms with E-state index in [0.717, 1.165) is 25.0 Å². The zero-order chi connectivity index (χ0) is 28.8. The molecule has 2 aliphatic rings. The first-order valence-electron chi connectivity index (χ1n) is 15.1. The van der Waals surface area contributed by atoms with Gasteiger partial charge in [0.2, 0.25) is 0 Å². The molecule has 0 aromatic heterocycles. The molecular formula is C33H58O3Si2. The van der Waals surface area contributed by atoms with Crippen LogP contribution in [0.4, 0.5) is 0 Å². The summed E-state index contributed by atoms with van der Waals surface area (Å²) in [6, 6.07) is 0. The minimum atomic E-state index is -1.85. The third kappa shape index (κ3) is 8.54. The van der Waals surface area contributed by atoms with Gasteiger partial charge in [0.15, 0.2) is 14.6 Å². The van der Waals surface area contributed by atoms with Gasteiger partial charge in [0, 0.05) is 13.0 Å². The Labute approximate surface area is 238 Å². The highest BCUT2D eigenvalue weighted by Gasteiger charge is 2.45. The molecule has 0 radical (unpaired) electrons. The lowest BCUT2D eigenvalue weighted by molar-refractivity contribution is -0.0333. The molecule has 0 aromatic rings. The predicted molar refractivity (Wildman–Crippen MR) is 169 cm³/mol. The minimum absolute atomic E-state index is 0.0492. The van der Waals surface area contributed by atoms with Crippen LogP contribution in [0.2, 0.25) is 36.3 Å². The maximum atomic E-state index is 6.78. The molecule has 0 N–H and O–H groups in total. The fraction of sp³-hybridized carbons (Fsp3) is 0.758. The van der Waals surface area contributed by atoms with E-state index >= 15 is 0 Å². The maximum absolute atomic E-state index is 6.78. The molecule has 0 bridgehead atoms. The fourth-order valence-corrected chi connectivity index (χ4v) is 12.4. The van der Waals surface area contributed by atoms with E-state index in [1.165, 1.54) is 11.1 Å². The average molecular weight is 559 g/mol. The lowest BCUT2D eigenvalue weighted by Crippen LogP contribution is -2.47. The van der Waals surface area contributed by atoms with Crippen molar-refractivity contribution in [3.05, 3.63) is 34.9 Å². The van der Waals surface area contributed by atoms with E-state index in [-0.39, 0.29) is 18.5 Å². The first kappa shape index (κ1) is 33.3. The molecule has 1 saturated heterocycles. The standard InChI is InChI=1S/C33H58O3Si2/c1-23(2)29-19-18-27(9)30(22-29)32-31(17-15-21-37(11,12)13)35-33(36-32)28(10)16-14-20-34-38(24(3)4,25(5)6)26(7)8/h16,18,22-26,29,31-33H,14,17,19-20H2,1-13H3/b28-16+/t29-,31+,32?,33?/m0/s1. The third-order valence-electron chi connectivity index (χ3n) is 8.40. The largest absolute Gasteiger partial charge is 0.416 e. The van der Waals surface area contributed by atoms with Gasteiger partial charge >= 0.3 is 0 Å². The van der Waals surface area contributed by atoms with Crippen LogP contribution in [0.3, 0.4) is 0 Å². The van der Waals surface area contributed by atoms with Gasteiger partial charge < -0.3 is 13.9 Å². The number of hydrogen-bond acceptors (Lipinski definition) is 3. The van der Waals surface area contributed by atoms with Crippen molar-refractivity contribution in [3.8, 4) is 11.5 Å². The summed E-state index contributed by atoms with van der Waals surface area (Å²) < 4.78 is 20.0. The van der Waals surface area contributed by atoms with Crippen LogP contribution >= 0.6 is 0 Å². The summed E-state index contributed by atoms with van der Waals surface area (Å²) in [5.74, 6) is 4.63. The van der Waals surface area contributed by atoms with E-state index in [4.69, 9.17) is 13.9 Å². The molecule has 1 aliphatic heterocycles. The Morgan fingerprint density at radius 1 is 1.03 bits per heavy atom. The molecule has 216 valence electrons. The highest BCUT2D eigenvalue weighted by atomic mass is 28.4. The summed E-state index contributed by atoms with van der Waals surface area (Å²) in [7, 11) is -3.28. The quantitative estimate of drug-likeness (QED) is 0.109. The molecule has 1 heterocycles. The van der Waals surface area contributed by atoms with E-state index in [2.05, 4.69) is 119 Å². The zero-order valence-corrected chi connectivity index (χ0v) is 28.9. The Kier molecular flexibility index (Phi) is 12.4. The normalized spacial score (nSPS) is 25.2. The summed E-state index contributed by atoms with van der Waals surface area (Å²) in [6.45, 7) is 30.7. The van der Waals surface area contributed by atoms with E-state index in [0.29, 0.717) is 34.9 Å². The van der Waals surface area contributed by atoms with Crippen molar-refractivity contribution in [3.63, 3.8) is 0 Å². The van der Waals surface area contributed by atoms with Gasteiger partial charge in [-0.2, -0.15) is 0 Å². The number of hydrogen-bond donors (Lipinski definition) is 0. The third-order valence-corrected chi connectivity index (χ3v) is 15.4. The molecule has 0 amide bonds. The number of allylic oxidation sites excluding steroid dienone is 2. The highest BCUT2D eigenvalue weighted by molar-refractivity contribution is 6.83. The van der Waals surface area contributed by atoms with Gasteiger partial charge in [-0.1, -0.05) is 93.3 Å². The second-order valence-corrected chi connectivity index (χ2v) is 24.1. The maximum Gasteiger partial charge on any atom is 0.200 e. The van der Waals surface area contributed by atoms with Crippen molar-refractivity contribution in [1.29, 1.82) is 0 Å². The zero-order valence-electron chi connectivity index (χ0n) is 26.9. The lowest BCUT2D eigenvalue weighted by Gasteiger charge is -2.42. The summed E-state index contributed by atoms with van der Waals surface area (Å²) in [4.78, 5) is 0. The van der Waals surface area contributed by atoms with Crippen LogP contribution in [0.15, 0.2) is 34.9 Å². The van der Waals surface area contributed by atoms with E-state index in [9.17, 15) is 0 Å². The van der Waals surface area contributed by atoms with Gasteiger partial charge in [0.05, 0.1) is 0 Å². The van der Waals surface area contributed by atoms with Gasteiger partial charge in [-0.25, -0.2) is 0 Å². The monoisotopic (exact) mass is 558 g/mol. The Morgan fingerprint density at radius 2 is 1.63 bits per heavy atom. The molecule has 0 saturated carbocycles. The molecule has 2 unspecified atom stereocenters. The molecule has 38 heavy (non-hydrogen) atoms. The van der Waals surface area contributed by atoms with Gasteiger partial charge in [-0.3, -0.25) is 0 Å². The van der Waals surface area contributed by atoms with E-state index in [1.807, 2.05) is 0 Å². The van der Waals surface area contributed by atoms with E-state index < -0.39 is 16.4 Å². The van der Waals surface area contributed by atoms with Crippen molar-refractivity contribution >= 4 is 16.4 Å². The smallest absolute Gasteiger partial charge is 0.200 e. The first-order valence-corrected chi connectivity index (χ1v) is 20.7. The number of rotatable bonds is 11. The lowest BCUT2D eigenvalue weighted by atomic mass is 9.81. The molecule has 2 rings (SSSR count). The molecule has 3 nitrogen and oxygen atoms in total.